The monoisotopic (exact) mass is 351 g/mol. The first-order valence-corrected chi connectivity index (χ1v) is 7.80. The van der Waals surface area contributed by atoms with E-state index in [1.807, 2.05) is 0 Å². The summed E-state index contributed by atoms with van der Waals surface area (Å²) in [5, 5.41) is 2.55. The third-order valence-electron chi connectivity index (χ3n) is 3.76. The van der Waals surface area contributed by atoms with Crippen LogP contribution in [0.25, 0.3) is 5.69 Å². The number of hydrogen-bond donors (Lipinski definition) is 1. The van der Waals surface area contributed by atoms with E-state index in [0.29, 0.717) is 22.7 Å². The molecule has 2 aromatic carbocycles. The number of carbonyl (C=O) groups excluding carboxylic acids is 1. The number of rotatable bonds is 5. The fourth-order valence-electron chi connectivity index (χ4n) is 2.39. The van der Waals surface area contributed by atoms with E-state index < -0.39 is 11.5 Å². The van der Waals surface area contributed by atoms with E-state index in [4.69, 9.17) is 9.47 Å². The van der Waals surface area contributed by atoms with Crippen LogP contribution in [0.4, 0.5) is 5.82 Å². The Balaban J connectivity index is 1.89. The lowest BCUT2D eigenvalue weighted by Gasteiger charge is -2.09. The second-order valence-electron chi connectivity index (χ2n) is 5.34. The molecule has 132 valence electrons. The summed E-state index contributed by atoms with van der Waals surface area (Å²) in [6, 6.07) is 13.6. The van der Waals surface area contributed by atoms with Crippen molar-refractivity contribution >= 4 is 11.7 Å². The Morgan fingerprint density at radius 3 is 2.46 bits per heavy atom. The number of methoxy groups -OCH3 is 2. The molecule has 0 unspecified atom stereocenters. The maximum Gasteiger partial charge on any atom is 0.298 e. The second kappa shape index (κ2) is 7.52. The van der Waals surface area contributed by atoms with Gasteiger partial charge in [0, 0.05) is 23.6 Å². The second-order valence-corrected chi connectivity index (χ2v) is 5.34. The minimum absolute atomic E-state index is 0.0591. The van der Waals surface area contributed by atoms with Gasteiger partial charge in [-0.1, -0.05) is 6.07 Å². The maximum atomic E-state index is 12.6. The third kappa shape index (κ3) is 3.56. The Kier molecular flexibility index (Phi) is 4.98. The summed E-state index contributed by atoms with van der Waals surface area (Å²) in [5.74, 6) is 0.730. The molecule has 1 N–H and O–H groups in total. The number of ether oxygens (including phenoxy) is 2. The van der Waals surface area contributed by atoms with Crippen molar-refractivity contribution in [1.82, 2.24) is 9.55 Å². The van der Waals surface area contributed by atoms with Gasteiger partial charge in [0.2, 0.25) is 0 Å². The van der Waals surface area contributed by atoms with E-state index in [0.717, 1.165) is 0 Å². The van der Waals surface area contributed by atoms with Crippen molar-refractivity contribution in [2.24, 2.45) is 0 Å². The topological polar surface area (TPSA) is 82.4 Å². The highest BCUT2D eigenvalue weighted by Crippen LogP contribution is 2.15. The molecule has 1 heterocycles. The van der Waals surface area contributed by atoms with Crippen LogP contribution in [-0.2, 0) is 0 Å². The van der Waals surface area contributed by atoms with Crippen molar-refractivity contribution in [3.05, 3.63) is 76.8 Å². The molecule has 0 saturated heterocycles. The normalized spacial score (nSPS) is 10.2. The van der Waals surface area contributed by atoms with E-state index in [9.17, 15) is 9.59 Å². The van der Waals surface area contributed by atoms with Crippen molar-refractivity contribution in [1.29, 1.82) is 0 Å². The van der Waals surface area contributed by atoms with E-state index in [1.165, 1.54) is 24.1 Å². The van der Waals surface area contributed by atoms with Gasteiger partial charge in [0.25, 0.3) is 11.5 Å². The number of hydrogen-bond acceptors (Lipinski definition) is 5. The molecule has 26 heavy (non-hydrogen) atoms. The lowest BCUT2D eigenvalue weighted by Crippen LogP contribution is -2.26. The SMILES string of the molecule is COc1ccc(-n2ccnc(NC(=O)c3cccc(OC)c3)c2=O)cc1. The molecule has 0 aliphatic carbocycles. The fraction of sp³-hybridized carbons (Fsp3) is 0.105. The van der Waals surface area contributed by atoms with Crippen LogP contribution >= 0.6 is 0 Å². The van der Waals surface area contributed by atoms with Crippen LogP contribution in [0.1, 0.15) is 10.4 Å². The summed E-state index contributed by atoms with van der Waals surface area (Å²) >= 11 is 0. The van der Waals surface area contributed by atoms with Gasteiger partial charge in [-0.05, 0) is 42.5 Å². The molecule has 3 aromatic rings. The lowest BCUT2D eigenvalue weighted by molar-refractivity contribution is 0.102. The van der Waals surface area contributed by atoms with Crippen LogP contribution in [0.15, 0.2) is 65.7 Å². The van der Waals surface area contributed by atoms with Crippen LogP contribution in [0, 0.1) is 0 Å². The van der Waals surface area contributed by atoms with E-state index in [-0.39, 0.29) is 5.82 Å². The summed E-state index contributed by atoms with van der Waals surface area (Å²) < 4.78 is 11.6. The molecule has 0 aliphatic rings. The Hall–Kier alpha value is -3.61. The van der Waals surface area contributed by atoms with Crippen molar-refractivity contribution in [2.45, 2.75) is 0 Å². The van der Waals surface area contributed by atoms with Crippen LogP contribution in [-0.4, -0.2) is 29.7 Å². The van der Waals surface area contributed by atoms with Gasteiger partial charge in [-0.15, -0.1) is 0 Å². The molecule has 1 aromatic heterocycles. The molecular formula is C19H17N3O4. The minimum Gasteiger partial charge on any atom is -0.497 e. The van der Waals surface area contributed by atoms with Crippen molar-refractivity contribution in [2.75, 3.05) is 19.5 Å². The first-order chi connectivity index (χ1) is 12.6. The number of amides is 1. The van der Waals surface area contributed by atoms with Crippen LogP contribution in [0.2, 0.25) is 0 Å². The molecule has 7 heteroatoms. The highest BCUT2D eigenvalue weighted by atomic mass is 16.5. The first-order valence-electron chi connectivity index (χ1n) is 7.80. The van der Waals surface area contributed by atoms with Crippen LogP contribution in [0.5, 0.6) is 11.5 Å². The first kappa shape index (κ1) is 17.2. The smallest absolute Gasteiger partial charge is 0.298 e. The van der Waals surface area contributed by atoms with Gasteiger partial charge in [-0.3, -0.25) is 14.2 Å². The molecule has 0 fully saturated rings. The summed E-state index contributed by atoms with van der Waals surface area (Å²) in [4.78, 5) is 29.0. The number of anilines is 1. The Labute approximate surface area is 149 Å². The molecule has 0 aliphatic heterocycles. The standard InChI is InChI=1S/C19H17N3O4/c1-25-15-8-6-14(7-9-15)22-11-10-20-17(19(22)24)21-18(23)13-4-3-5-16(12-13)26-2/h3-12H,1-2H3,(H,20,21,23). The highest BCUT2D eigenvalue weighted by Gasteiger charge is 2.12. The molecule has 0 radical (unpaired) electrons. The van der Waals surface area contributed by atoms with Gasteiger partial charge in [0.15, 0.2) is 5.82 Å². The summed E-state index contributed by atoms with van der Waals surface area (Å²) in [6.45, 7) is 0. The van der Waals surface area contributed by atoms with Crippen molar-refractivity contribution in [3.8, 4) is 17.2 Å². The quantitative estimate of drug-likeness (QED) is 0.764. The van der Waals surface area contributed by atoms with Crippen molar-refractivity contribution < 1.29 is 14.3 Å². The number of nitrogens with one attached hydrogen (secondary N) is 1. The zero-order valence-electron chi connectivity index (χ0n) is 14.3. The molecule has 0 atom stereocenters. The minimum atomic E-state index is -0.444. The number of benzene rings is 2. The van der Waals surface area contributed by atoms with Gasteiger partial charge in [-0.25, -0.2) is 4.98 Å². The predicted molar refractivity (Wildman–Crippen MR) is 97.3 cm³/mol. The zero-order chi connectivity index (χ0) is 18.5. The average Bonchev–Trinajstić information content (AvgIpc) is 2.69. The summed E-state index contributed by atoms with van der Waals surface area (Å²) in [6.07, 6.45) is 2.98. The van der Waals surface area contributed by atoms with E-state index in [1.54, 1.807) is 55.6 Å². The van der Waals surface area contributed by atoms with Gasteiger partial charge < -0.3 is 14.8 Å². The third-order valence-corrected chi connectivity index (χ3v) is 3.76. The van der Waals surface area contributed by atoms with Gasteiger partial charge >= 0.3 is 0 Å². The molecule has 1 amide bonds. The van der Waals surface area contributed by atoms with Gasteiger partial charge in [0.05, 0.1) is 14.2 Å². The fourth-order valence-corrected chi connectivity index (χ4v) is 2.39. The van der Waals surface area contributed by atoms with Crippen LogP contribution < -0.4 is 20.3 Å². The maximum absolute atomic E-state index is 12.6. The Morgan fingerprint density at radius 2 is 1.77 bits per heavy atom. The van der Waals surface area contributed by atoms with E-state index in [2.05, 4.69) is 10.3 Å². The molecule has 7 nitrogen and oxygen atoms in total. The Morgan fingerprint density at radius 1 is 1.04 bits per heavy atom. The Bertz CT molecular complexity index is 981. The van der Waals surface area contributed by atoms with Gasteiger partial charge in [0.1, 0.15) is 11.5 Å². The number of aromatic nitrogens is 2. The predicted octanol–water partition coefficient (Wildman–Crippen LogP) is 2.50. The molecular weight excluding hydrogens is 334 g/mol. The largest absolute Gasteiger partial charge is 0.497 e. The number of carbonyl (C=O) groups is 1. The molecule has 0 bridgehead atoms. The average molecular weight is 351 g/mol. The highest BCUT2D eigenvalue weighted by molar-refractivity contribution is 6.03. The summed E-state index contributed by atoms with van der Waals surface area (Å²) in [5.41, 5.74) is 0.564. The lowest BCUT2D eigenvalue weighted by atomic mass is 10.2. The molecule has 0 saturated carbocycles. The zero-order valence-corrected chi connectivity index (χ0v) is 14.3. The molecule has 0 spiro atoms. The number of nitrogens with zero attached hydrogens (tertiary/aromatic N) is 2. The van der Waals surface area contributed by atoms with E-state index >= 15 is 0 Å². The molecule has 3 rings (SSSR count). The van der Waals surface area contributed by atoms with Crippen LogP contribution in [0.3, 0.4) is 0 Å². The van der Waals surface area contributed by atoms with Crippen molar-refractivity contribution in [3.63, 3.8) is 0 Å². The van der Waals surface area contributed by atoms with Gasteiger partial charge in [-0.2, -0.15) is 0 Å². The summed E-state index contributed by atoms with van der Waals surface area (Å²) in [7, 11) is 3.09.